The summed E-state index contributed by atoms with van der Waals surface area (Å²) in [7, 11) is 0. The fraction of sp³-hybridized carbons (Fsp3) is 0.267. The van der Waals surface area contributed by atoms with Crippen LogP contribution < -0.4 is 4.90 Å². The van der Waals surface area contributed by atoms with E-state index in [0.29, 0.717) is 26.2 Å². The van der Waals surface area contributed by atoms with Gasteiger partial charge in [0.25, 0.3) is 5.91 Å². The molecule has 1 saturated heterocycles. The molecule has 1 aromatic heterocycles. The van der Waals surface area contributed by atoms with Crippen molar-refractivity contribution in [2.45, 2.75) is 0 Å². The summed E-state index contributed by atoms with van der Waals surface area (Å²) < 4.78 is 13.6. The van der Waals surface area contributed by atoms with Crippen LogP contribution in [0.3, 0.4) is 0 Å². The quantitative estimate of drug-likeness (QED) is 0.778. The summed E-state index contributed by atoms with van der Waals surface area (Å²) in [5.41, 5.74) is 0.126. The Kier molecular flexibility index (Phi) is 4.63. The van der Waals surface area contributed by atoms with Gasteiger partial charge in [0.2, 0.25) is 0 Å². The predicted octanol–water partition coefficient (Wildman–Crippen LogP) is 2.88. The van der Waals surface area contributed by atoms with Crippen LogP contribution in [0.15, 0.2) is 30.7 Å². The van der Waals surface area contributed by atoms with Crippen LogP contribution in [0.25, 0.3) is 0 Å². The topological polar surface area (TPSA) is 49.3 Å². The molecule has 0 saturated carbocycles. The van der Waals surface area contributed by atoms with Crippen molar-refractivity contribution in [2.75, 3.05) is 31.1 Å². The summed E-state index contributed by atoms with van der Waals surface area (Å²) >= 11 is 11.7. The second-order valence-electron chi connectivity index (χ2n) is 5.09. The number of aromatic nitrogens is 2. The SMILES string of the molecule is O=C(c1cc(F)c(Cl)cc1Cl)N1CCN(c2cnccn2)CC1. The van der Waals surface area contributed by atoms with E-state index in [1.165, 1.54) is 6.07 Å². The van der Waals surface area contributed by atoms with Crippen LogP contribution in [0.1, 0.15) is 10.4 Å². The van der Waals surface area contributed by atoms with E-state index in [2.05, 4.69) is 9.97 Å². The molecule has 0 N–H and O–H groups in total. The smallest absolute Gasteiger partial charge is 0.255 e. The molecule has 5 nitrogen and oxygen atoms in total. The first-order chi connectivity index (χ1) is 11.1. The van der Waals surface area contributed by atoms with Crippen molar-refractivity contribution in [1.82, 2.24) is 14.9 Å². The van der Waals surface area contributed by atoms with E-state index in [1.807, 2.05) is 4.90 Å². The minimum atomic E-state index is -0.655. The number of hydrogen-bond acceptors (Lipinski definition) is 4. The van der Waals surface area contributed by atoms with Crippen LogP contribution in [0.5, 0.6) is 0 Å². The Morgan fingerprint density at radius 2 is 1.83 bits per heavy atom. The van der Waals surface area contributed by atoms with E-state index in [1.54, 1.807) is 23.5 Å². The average molecular weight is 355 g/mol. The zero-order valence-corrected chi connectivity index (χ0v) is 13.6. The monoisotopic (exact) mass is 354 g/mol. The van der Waals surface area contributed by atoms with Gasteiger partial charge in [-0.1, -0.05) is 23.2 Å². The third kappa shape index (κ3) is 3.38. The minimum Gasteiger partial charge on any atom is -0.352 e. The summed E-state index contributed by atoms with van der Waals surface area (Å²) in [6.07, 6.45) is 4.92. The van der Waals surface area contributed by atoms with Gasteiger partial charge in [-0.05, 0) is 12.1 Å². The molecule has 0 aliphatic carbocycles. The fourth-order valence-corrected chi connectivity index (χ4v) is 2.91. The van der Waals surface area contributed by atoms with Gasteiger partial charge >= 0.3 is 0 Å². The van der Waals surface area contributed by atoms with Crippen LogP contribution >= 0.6 is 23.2 Å². The first kappa shape index (κ1) is 16.0. The van der Waals surface area contributed by atoms with Gasteiger partial charge in [-0.15, -0.1) is 0 Å². The predicted molar refractivity (Wildman–Crippen MR) is 86.6 cm³/mol. The van der Waals surface area contributed by atoms with Crippen molar-refractivity contribution in [3.05, 3.63) is 52.1 Å². The van der Waals surface area contributed by atoms with Crippen molar-refractivity contribution in [3.63, 3.8) is 0 Å². The Balaban J connectivity index is 1.70. The van der Waals surface area contributed by atoms with E-state index in [9.17, 15) is 9.18 Å². The number of carbonyl (C=O) groups excluding carboxylic acids is 1. The van der Waals surface area contributed by atoms with Gasteiger partial charge in [0.05, 0.1) is 21.8 Å². The molecule has 2 aromatic rings. The second kappa shape index (κ2) is 6.68. The number of benzene rings is 1. The zero-order valence-electron chi connectivity index (χ0n) is 12.0. The molecule has 0 atom stereocenters. The number of nitrogens with zero attached hydrogens (tertiary/aromatic N) is 4. The Bertz CT molecular complexity index is 721. The highest BCUT2D eigenvalue weighted by Gasteiger charge is 2.25. The molecule has 0 unspecified atom stereocenters. The zero-order chi connectivity index (χ0) is 16.4. The van der Waals surface area contributed by atoms with Gasteiger partial charge in [0, 0.05) is 38.6 Å². The molecule has 1 aliphatic rings. The Morgan fingerprint density at radius 1 is 1.09 bits per heavy atom. The van der Waals surface area contributed by atoms with E-state index in [-0.39, 0.29) is 21.5 Å². The van der Waals surface area contributed by atoms with Gasteiger partial charge in [0.1, 0.15) is 11.6 Å². The molecule has 0 bridgehead atoms. The molecular formula is C15H13Cl2FN4O. The third-order valence-electron chi connectivity index (χ3n) is 3.68. The molecule has 2 heterocycles. The third-order valence-corrected chi connectivity index (χ3v) is 4.28. The number of piperazine rings is 1. The number of anilines is 1. The van der Waals surface area contributed by atoms with Crippen molar-refractivity contribution in [1.29, 1.82) is 0 Å². The fourth-order valence-electron chi connectivity index (χ4n) is 2.45. The van der Waals surface area contributed by atoms with Gasteiger partial charge in [-0.2, -0.15) is 0 Å². The highest BCUT2D eigenvalue weighted by atomic mass is 35.5. The van der Waals surface area contributed by atoms with Crippen molar-refractivity contribution < 1.29 is 9.18 Å². The molecule has 3 rings (SSSR count). The standard InChI is InChI=1S/C15H13Cl2FN4O/c16-11-8-12(17)13(18)7-10(11)15(23)22-5-3-21(4-6-22)14-9-19-1-2-20-14/h1-2,7-9H,3-6H2. The largest absolute Gasteiger partial charge is 0.352 e. The summed E-state index contributed by atoms with van der Waals surface area (Å²) in [6.45, 7) is 2.24. The van der Waals surface area contributed by atoms with Crippen LogP contribution in [0.2, 0.25) is 10.0 Å². The van der Waals surface area contributed by atoms with Gasteiger partial charge in [0.15, 0.2) is 0 Å². The lowest BCUT2D eigenvalue weighted by Gasteiger charge is -2.35. The van der Waals surface area contributed by atoms with Crippen LogP contribution in [0, 0.1) is 5.82 Å². The number of amides is 1. The first-order valence-electron chi connectivity index (χ1n) is 7.01. The molecule has 23 heavy (non-hydrogen) atoms. The Morgan fingerprint density at radius 3 is 2.48 bits per heavy atom. The van der Waals surface area contributed by atoms with Gasteiger partial charge in [-0.3, -0.25) is 9.78 Å². The molecule has 0 radical (unpaired) electrons. The lowest BCUT2D eigenvalue weighted by molar-refractivity contribution is 0.0746. The number of carbonyl (C=O) groups is 1. The molecule has 0 spiro atoms. The van der Waals surface area contributed by atoms with E-state index in [0.717, 1.165) is 11.9 Å². The maximum Gasteiger partial charge on any atom is 0.255 e. The van der Waals surface area contributed by atoms with Crippen LogP contribution in [0.4, 0.5) is 10.2 Å². The second-order valence-corrected chi connectivity index (χ2v) is 5.90. The molecule has 1 aromatic carbocycles. The highest BCUT2D eigenvalue weighted by Crippen LogP contribution is 2.26. The van der Waals surface area contributed by atoms with Gasteiger partial charge < -0.3 is 9.80 Å². The van der Waals surface area contributed by atoms with Crippen LogP contribution in [-0.2, 0) is 0 Å². The maximum absolute atomic E-state index is 13.6. The number of halogens is 3. The molecule has 8 heteroatoms. The highest BCUT2D eigenvalue weighted by molar-refractivity contribution is 6.36. The molecule has 1 fully saturated rings. The summed E-state index contributed by atoms with van der Waals surface area (Å²) in [6, 6.07) is 2.34. The van der Waals surface area contributed by atoms with E-state index >= 15 is 0 Å². The van der Waals surface area contributed by atoms with Crippen molar-refractivity contribution in [2.24, 2.45) is 0 Å². The van der Waals surface area contributed by atoms with Crippen molar-refractivity contribution in [3.8, 4) is 0 Å². The number of rotatable bonds is 2. The lowest BCUT2D eigenvalue weighted by Crippen LogP contribution is -2.49. The molecular weight excluding hydrogens is 342 g/mol. The molecule has 1 aliphatic heterocycles. The van der Waals surface area contributed by atoms with Gasteiger partial charge in [-0.25, -0.2) is 9.37 Å². The normalized spacial score (nSPS) is 14.9. The average Bonchev–Trinajstić information content (AvgIpc) is 2.58. The maximum atomic E-state index is 13.6. The Labute approximate surface area is 142 Å². The first-order valence-corrected chi connectivity index (χ1v) is 7.76. The minimum absolute atomic E-state index is 0.0981. The summed E-state index contributed by atoms with van der Waals surface area (Å²) in [4.78, 5) is 24.5. The molecule has 120 valence electrons. The Hall–Kier alpha value is -1.92. The van der Waals surface area contributed by atoms with E-state index in [4.69, 9.17) is 23.2 Å². The molecule has 1 amide bonds. The van der Waals surface area contributed by atoms with E-state index < -0.39 is 5.82 Å². The van der Waals surface area contributed by atoms with Crippen LogP contribution in [-0.4, -0.2) is 47.0 Å². The van der Waals surface area contributed by atoms with Crippen molar-refractivity contribution >= 4 is 34.9 Å². The number of hydrogen-bond donors (Lipinski definition) is 0. The summed E-state index contributed by atoms with van der Waals surface area (Å²) in [5, 5.41) is 0.0526. The summed E-state index contributed by atoms with van der Waals surface area (Å²) in [5.74, 6) is -0.183. The lowest BCUT2D eigenvalue weighted by atomic mass is 10.1.